The summed E-state index contributed by atoms with van der Waals surface area (Å²) in [6.07, 6.45) is 15.1. The first kappa shape index (κ1) is 30.9. The Hall–Kier alpha value is 0.757. The lowest BCUT2D eigenvalue weighted by atomic mass is 10.1. The van der Waals surface area contributed by atoms with Crippen LogP contribution >= 0.6 is 23.8 Å². The van der Waals surface area contributed by atoms with Crippen LogP contribution in [0, 0.1) is 0 Å². The summed E-state index contributed by atoms with van der Waals surface area (Å²) >= 11 is 3.09. The molecular weight excluding hydrogens is 408 g/mol. The summed E-state index contributed by atoms with van der Waals surface area (Å²) in [7, 11) is 2.65. The smallest absolute Gasteiger partial charge is 0.377 e. The zero-order chi connectivity index (χ0) is 21.5. The van der Waals surface area contributed by atoms with Gasteiger partial charge in [-0.3, -0.25) is 0 Å². The van der Waals surface area contributed by atoms with Crippen molar-refractivity contribution in [3.05, 3.63) is 0 Å². The van der Waals surface area contributed by atoms with Gasteiger partial charge in [0.25, 0.3) is 0 Å². The van der Waals surface area contributed by atoms with Crippen LogP contribution in [0.15, 0.2) is 0 Å². The van der Waals surface area contributed by atoms with Gasteiger partial charge >= 0.3 is 8.80 Å². The van der Waals surface area contributed by atoms with E-state index in [-0.39, 0.29) is 0 Å². The highest BCUT2D eigenvalue weighted by atomic mass is 32.2. The molecule has 0 aromatic heterocycles. The van der Waals surface area contributed by atoms with Gasteiger partial charge < -0.3 is 17.8 Å². The van der Waals surface area contributed by atoms with Crippen LogP contribution in [-0.2, 0) is 13.3 Å². The van der Waals surface area contributed by atoms with Gasteiger partial charge in [0.05, 0.1) is 0 Å². The molecule has 0 amide bonds. The van der Waals surface area contributed by atoms with Gasteiger partial charge in [-0.05, 0) is 24.9 Å². The van der Waals surface area contributed by atoms with Crippen molar-refractivity contribution < 1.29 is 17.8 Å². The van der Waals surface area contributed by atoms with Gasteiger partial charge in [0.1, 0.15) is 0 Å². The van der Waals surface area contributed by atoms with Gasteiger partial charge in [0, 0.05) is 44.1 Å². The van der Waals surface area contributed by atoms with E-state index in [1.165, 1.54) is 76.4 Å². The normalized spacial score (nSPS) is 15.3. The van der Waals surface area contributed by atoms with Crippen molar-refractivity contribution in [3.63, 3.8) is 0 Å². The first-order chi connectivity index (χ1) is 13.6. The van der Waals surface area contributed by atoms with E-state index in [4.69, 9.17) is 17.8 Å². The molecule has 0 aliphatic carbocycles. The molecule has 1 heterocycles. The van der Waals surface area contributed by atoms with E-state index in [2.05, 4.69) is 25.6 Å². The minimum Gasteiger partial charge on any atom is -0.377 e. The van der Waals surface area contributed by atoms with Crippen molar-refractivity contribution in [2.75, 3.05) is 32.8 Å². The van der Waals surface area contributed by atoms with E-state index in [1.54, 1.807) is 21.3 Å². The number of unbranched alkanes of at least 4 members (excludes halogenated alkanes) is 8. The highest BCUT2D eigenvalue weighted by molar-refractivity contribution is 8.06. The molecule has 4 nitrogen and oxygen atoms in total. The molecule has 28 heavy (non-hydrogen) atoms. The second kappa shape index (κ2) is 24.0. The molecule has 0 bridgehead atoms. The molecule has 1 fully saturated rings. The lowest BCUT2D eigenvalue weighted by Gasteiger charge is -2.22. The predicted molar refractivity (Wildman–Crippen MR) is 131 cm³/mol. The molecule has 0 saturated carbocycles. The van der Waals surface area contributed by atoms with Crippen molar-refractivity contribution in [2.24, 2.45) is 0 Å². The molecule has 1 rings (SSSR count). The molecule has 0 aromatic rings. The fraction of sp³-hybridized carbons (Fsp3) is 1.00. The van der Waals surface area contributed by atoms with Crippen LogP contribution < -0.4 is 0 Å². The Morgan fingerprint density at radius 1 is 0.821 bits per heavy atom. The first-order valence-electron chi connectivity index (χ1n) is 11.1. The molecule has 1 N–H and O–H groups in total. The topological polar surface area (TPSA) is 47.9 Å². The summed E-state index contributed by atoms with van der Waals surface area (Å²) in [6.45, 7) is 6.48. The van der Waals surface area contributed by atoms with E-state index in [0.29, 0.717) is 0 Å². The van der Waals surface area contributed by atoms with E-state index < -0.39 is 8.80 Å². The van der Waals surface area contributed by atoms with Crippen LogP contribution in [0.1, 0.15) is 91.4 Å². The van der Waals surface area contributed by atoms with Crippen LogP contribution in [0.4, 0.5) is 0 Å². The third kappa shape index (κ3) is 21.5. The van der Waals surface area contributed by atoms with Gasteiger partial charge in [-0.25, -0.2) is 0 Å². The standard InChI is InChI=1S/C8H18OS.C8H16S.C5H14O3Si/c1-2-3-4-5-6-7-8-10-9;1-2-3-4-5-6-8-7-9-8;1-5-9(6-2,7-3)8-4/h9H,2-8H2,1H3;8H,2-7H2,1H3;5H2,1-4H3. The summed E-state index contributed by atoms with van der Waals surface area (Å²) in [4.78, 5) is 0. The maximum Gasteiger partial charge on any atom is 0.499 e. The average molecular weight is 457 g/mol. The average Bonchev–Trinajstić information content (AvgIpc) is 3.56. The van der Waals surface area contributed by atoms with Gasteiger partial charge in [-0.2, -0.15) is 11.8 Å². The van der Waals surface area contributed by atoms with Crippen LogP contribution in [0.5, 0.6) is 0 Å². The number of hydrogen-bond donors (Lipinski definition) is 1. The maximum absolute atomic E-state index is 8.39. The van der Waals surface area contributed by atoms with Crippen LogP contribution in [0.2, 0.25) is 6.04 Å². The lowest BCUT2D eigenvalue weighted by molar-refractivity contribution is 0.125. The van der Waals surface area contributed by atoms with E-state index in [0.717, 1.165) is 29.1 Å². The van der Waals surface area contributed by atoms with E-state index in [1.807, 2.05) is 6.92 Å². The molecule has 172 valence electrons. The van der Waals surface area contributed by atoms with Gasteiger partial charge in [-0.1, -0.05) is 78.6 Å². The Morgan fingerprint density at radius 2 is 1.29 bits per heavy atom. The summed E-state index contributed by atoms with van der Waals surface area (Å²) in [5.41, 5.74) is 0. The molecule has 1 saturated heterocycles. The molecule has 1 atom stereocenters. The molecule has 1 unspecified atom stereocenters. The number of rotatable bonds is 16. The first-order valence-corrected chi connectivity index (χ1v) is 15.0. The molecular formula is C21H48O4S2Si. The van der Waals surface area contributed by atoms with Crippen LogP contribution in [0.3, 0.4) is 0 Å². The minimum atomic E-state index is -2.19. The minimum absolute atomic E-state index is 0.816. The molecule has 0 radical (unpaired) electrons. The molecule has 0 spiro atoms. The summed E-state index contributed by atoms with van der Waals surface area (Å²) in [5, 5.41) is 1.07. The fourth-order valence-corrected chi connectivity index (χ4v) is 5.00. The SMILES string of the molecule is CCCCCCC1CS1.CCCCCCCCSO.CC[Si](OC)(OC)OC. The highest BCUT2D eigenvalue weighted by Gasteiger charge is 2.34. The van der Waals surface area contributed by atoms with Crippen molar-refractivity contribution in [3.8, 4) is 0 Å². The fourth-order valence-electron chi connectivity index (χ4n) is 2.66. The molecule has 0 aromatic carbocycles. The van der Waals surface area contributed by atoms with Crippen LogP contribution in [-0.4, -0.2) is 51.4 Å². The Morgan fingerprint density at radius 3 is 1.64 bits per heavy atom. The Bertz CT molecular complexity index is 266. The van der Waals surface area contributed by atoms with E-state index >= 15 is 0 Å². The zero-order valence-corrected chi connectivity index (χ0v) is 22.1. The molecule has 1 aliphatic heterocycles. The Balaban J connectivity index is 0. The predicted octanol–water partition coefficient (Wildman–Crippen LogP) is 7.51. The second-order valence-corrected chi connectivity index (χ2v) is 12.4. The monoisotopic (exact) mass is 456 g/mol. The summed E-state index contributed by atoms with van der Waals surface area (Å²) < 4.78 is 23.6. The van der Waals surface area contributed by atoms with E-state index in [9.17, 15) is 0 Å². The second-order valence-electron chi connectivity index (χ2n) is 7.05. The van der Waals surface area contributed by atoms with Crippen LogP contribution in [0.25, 0.3) is 0 Å². The van der Waals surface area contributed by atoms with Gasteiger partial charge in [0.2, 0.25) is 0 Å². The Labute approximate surface area is 185 Å². The lowest BCUT2D eigenvalue weighted by Crippen LogP contribution is -2.41. The number of hydrogen-bond acceptors (Lipinski definition) is 6. The zero-order valence-electron chi connectivity index (χ0n) is 19.5. The van der Waals surface area contributed by atoms with Gasteiger partial charge in [0.15, 0.2) is 0 Å². The van der Waals surface area contributed by atoms with Gasteiger partial charge in [-0.15, -0.1) is 0 Å². The highest BCUT2D eigenvalue weighted by Crippen LogP contribution is 2.34. The van der Waals surface area contributed by atoms with Crippen molar-refractivity contribution in [2.45, 2.75) is 103 Å². The Kier molecular flexibility index (Phi) is 26.6. The molecule has 7 heteroatoms. The summed E-state index contributed by atoms with van der Waals surface area (Å²) in [5.74, 6) is 2.36. The molecule has 1 aliphatic rings. The van der Waals surface area contributed by atoms with Crippen molar-refractivity contribution in [1.29, 1.82) is 0 Å². The largest absolute Gasteiger partial charge is 0.499 e. The van der Waals surface area contributed by atoms with Crippen molar-refractivity contribution in [1.82, 2.24) is 0 Å². The maximum atomic E-state index is 8.39. The van der Waals surface area contributed by atoms with Crippen molar-refractivity contribution >= 4 is 32.6 Å². The quantitative estimate of drug-likeness (QED) is 0.112. The number of thioether (sulfide) groups is 1. The third-order valence-corrected chi connectivity index (χ3v) is 8.98. The third-order valence-electron chi connectivity index (χ3n) is 4.74. The summed E-state index contributed by atoms with van der Waals surface area (Å²) in [6, 6.07) is 0.816.